The minimum Gasteiger partial charge on any atom is -0.388 e. The van der Waals surface area contributed by atoms with Gasteiger partial charge in [0.05, 0.1) is 11.3 Å². The number of nitrogens with zero attached hydrogens (tertiary/aromatic N) is 3. The lowest BCUT2D eigenvalue weighted by molar-refractivity contribution is -0.122. The van der Waals surface area contributed by atoms with E-state index in [1.54, 1.807) is 0 Å². The van der Waals surface area contributed by atoms with E-state index in [1.807, 2.05) is 45.2 Å². The van der Waals surface area contributed by atoms with Crippen LogP contribution in [0.2, 0.25) is 0 Å². The van der Waals surface area contributed by atoms with Crippen molar-refractivity contribution in [2.45, 2.75) is 65.9 Å². The number of carbonyl (C=O) groups excluding carboxylic acids is 1. The molecule has 0 aromatic carbocycles. The predicted octanol–water partition coefficient (Wildman–Crippen LogP) is 2.25. The smallest absolute Gasteiger partial charge is 0.220 e. The van der Waals surface area contributed by atoms with Gasteiger partial charge in [-0.2, -0.15) is 5.10 Å². The molecule has 0 spiro atoms. The van der Waals surface area contributed by atoms with Crippen LogP contribution in [0.25, 0.3) is 5.65 Å². The third-order valence-electron chi connectivity index (χ3n) is 4.82. The van der Waals surface area contributed by atoms with E-state index in [0.717, 1.165) is 28.3 Å². The van der Waals surface area contributed by atoms with Crippen LogP contribution in [0, 0.1) is 20.8 Å². The van der Waals surface area contributed by atoms with Crippen LogP contribution in [0.1, 0.15) is 55.8 Å². The number of carbonyl (C=O) groups is 1. The molecule has 0 aliphatic heterocycles. The Bertz CT molecular complexity index is 732. The summed E-state index contributed by atoms with van der Waals surface area (Å²) in [6.07, 6.45) is 2.24. The molecule has 0 aliphatic carbocycles. The van der Waals surface area contributed by atoms with Crippen molar-refractivity contribution in [1.82, 2.24) is 19.9 Å². The van der Waals surface area contributed by atoms with Gasteiger partial charge in [-0.1, -0.05) is 13.8 Å². The van der Waals surface area contributed by atoms with Crippen molar-refractivity contribution in [3.63, 3.8) is 0 Å². The lowest BCUT2D eigenvalue weighted by Crippen LogP contribution is -2.42. The highest BCUT2D eigenvalue weighted by Crippen LogP contribution is 2.17. The molecule has 0 radical (unpaired) electrons. The van der Waals surface area contributed by atoms with Crippen LogP contribution < -0.4 is 5.32 Å². The second kappa shape index (κ2) is 7.30. The summed E-state index contributed by atoms with van der Waals surface area (Å²) in [5.41, 5.74) is 3.98. The van der Waals surface area contributed by atoms with E-state index < -0.39 is 5.60 Å². The molecule has 2 aromatic heterocycles. The molecule has 2 heterocycles. The maximum Gasteiger partial charge on any atom is 0.220 e. The third-order valence-corrected chi connectivity index (χ3v) is 4.82. The van der Waals surface area contributed by atoms with Gasteiger partial charge >= 0.3 is 0 Å². The Hall–Kier alpha value is -1.95. The van der Waals surface area contributed by atoms with Gasteiger partial charge in [0.15, 0.2) is 5.65 Å². The number of hydrogen-bond acceptors (Lipinski definition) is 4. The Morgan fingerprint density at radius 3 is 2.58 bits per heavy atom. The molecule has 2 rings (SSSR count). The standard InChI is InChI=1S/C18H28N4O2/c1-6-18(24,7-2)11-19-17(23)9-8-15-13(4)20-16-10-12(3)21-22(16)14(15)5/h10,24H,6-9,11H2,1-5H3,(H,19,23). The summed E-state index contributed by atoms with van der Waals surface area (Å²) in [4.78, 5) is 16.7. The number of amides is 1. The summed E-state index contributed by atoms with van der Waals surface area (Å²) in [6.45, 7) is 10.1. The van der Waals surface area contributed by atoms with Gasteiger partial charge in [-0.3, -0.25) is 4.79 Å². The highest BCUT2D eigenvalue weighted by Gasteiger charge is 2.22. The summed E-state index contributed by atoms with van der Waals surface area (Å²) in [6, 6.07) is 1.95. The van der Waals surface area contributed by atoms with Crippen molar-refractivity contribution in [3.05, 3.63) is 28.7 Å². The van der Waals surface area contributed by atoms with Crippen LogP contribution in [0.15, 0.2) is 6.07 Å². The fourth-order valence-electron chi connectivity index (χ4n) is 2.89. The van der Waals surface area contributed by atoms with E-state index in [9.17, 15) is 9.90 Å². The van der Waals surface area contributed by atoms with Crippen LogP contribution in [0.3, 0.4) is 0 Å². The molecule has 0 fully saturated rings. The second-order valence-electron chi connectivity index (χ2n) is 6.53. The van der Waals surface area contributed by atoms with Crippen molar-refractivity contribution in [2.24, 2.45) is 0 Å². The van der Waals surface area contributed by atoms with Gasteiger partial charge in [0, 0.05) is 30.4 Å². The Morgan fingerprint density at radius 1 is 1.29 bits per heavy atom. The summed E-state index contributed by atoms with van der Waals surface area (Å²) in [5, 5.41) is 17.5. The Labute approximate surface area is 143 Å². The summed E-state index contributed by atoms with van der Waals surface area (Å²) >= 11 is 0. The number of rotatable bonds is 7. The van der Waals surface area contributed by atoms with Crippen LogP contribution in [-0.2, 0) is 11.2 Å². The normalized spacial score (nSPS) is 11.9. The quantitative estimate of drug-likeness (QED) is 0.815. The van der Waals surface area contributed by atoms with E-state index in [1.165, 1.54) is 0 Å². The molecule has 132 valence electrons. The van der Waals surface area contributed by atoms with Crippen LogP contribution in [0.4, 0.5) is 0 Å². The van der Waals surface area contributed by atoms with Gasteiger partial charge < -0.3 is 10.4 Å². The van der Waals surface area contributed by atoms with E-state index in [2.05, 4.69) is 15.4 Å². The van der Waals surface area contributed by atoms with Crippen LogP contribution in [-0.4, -0.2) is 37.8 Å². The van der Waals surface area contributed by atoms with Gasteiger partial charge in [-0.15, -0.1) is 0 Å². The predicted molar refractivity (Wildman–Crippen MR) is 94.1 cm³/mol. The van der Waals surface area contributed by atoms with Gasteiger partial charge in [0.25, 0.3) is 0 Å². The SMILES string of the molecule is CCC(O)(CC)CNC(=O)CCc1c(C)nc2cc(C)nn2c1C. The molecular formula is C18H28N4O2. The molecular weight excluding hydrogens is 304 g/mol. The number of hydrogen-bond donors (Lipinski definition) is 2. The van der Waals surface area contributed by atoms with Crippen LogP contribution >= 0.6 is 0 Å². The monoisotopic (exact) mass is 332 g/mol. The second-order valence-corrected chi connectivity index (χ2v) is 6.53. The molecule has 6 nitrogen and oxygen atoms in total. The zero-order valence-electron chi connectivity index (χ0n) is 15.3. The van der Waals surface area contributed by atoms with E-state index >= 15 is 0 Å². The number of aromatic nitrogens is 3. The summed E-state index contributed by atoms with van der Waals surface area (Å²) in [5.74, 6) is -0.0501. The zero-order chi connectivity index (χ0) is 17.9. The molecule has 0 saturated carbocycles. The van der Waals surface area contributed by atoms with Gasteiger partial charge in [0.2, 0.25) is 5.91 Å². The molecule has 24 heavy (non-hydrogen) atoms. The molecule has 2 aromatic rings. The lowest BCUT2D eigenvalue weighted by Gasteiger charge is -2.25. The fourth-order valence-corrected chi connectivity index (χ4v) is 2.89. The summed E-state index contributed by atoms with van der Waals surface area (Å²) in [7, 11) is 0. The number of aliphatic hydroxyl groups is 1. The molecule has 0 atom stereocenters. The summed E-state index contributed by atoms with van der Waals surface area (Å²) < 4.78 is 1.84. The first kappa shape index (κ1) is 18.4. The molecule has 0 bridgehead atoms. The maximum atomic E-state index is 12.1. The molecule has 1 amide bonds. The minimum absolute atomic E-state index is 0.0501. The Morgan fingerprint density at radius 2 is 1.96 bits per heavy atom. The highest BCUT2D eigenvalue weighted by molar-refractivity contribution is 5.76. The first-order valence-electron chi connectivity index (χ1n) is 8.61. The first-order chi connectivity index (χ1) is 11.3. The van der Waals surface area contributed by atoms with Crippen molar-refractivity contribution in [2.75, 3.05) is 6.54 Å². The van der Waals surface area contributed by atoms with Crippen molar-refractivity contribution >= 4 is 11.6 Å². The Balaban J connectivity index is 2.04. The lowest BCUT2D eigenvalue weighted by atomic mass is 9.97. The van der Waals surface area contributed by atoms with E-state index in [-0.39, 0.29) is 5.91 Å². The molecule has 6 heteroatoms. The topological polar surface area (TPSA) is 79.5 Å². The van der Waals surface area contributed by atoms with Crippen molar-refractivity contribution in [3.8, 4) is 0 Å². The van der Waals surface area contributed by atoms with E-state index in [0.29, 0.717) is 32.2 Å². The number of fused-ring (bicyclic) bond motifs is 1. The first-order valence-corrected chi connectivity index (χ1v) is 8.61. The fraction of sp³-hybridized carbons (Fsp3) is 0.611. The maximum absolute atomic E-state index is 12.1. The molecule has 0 saturated heterocycles. The van der Waals surface area contributed by atoms with Crippen LogP contribution in [0.5, 0.6) is 0 Å². The van der Waals surface area contributed by atoms with Crippen molar-refractivity contribution < 1.29 is 9.90 Å². The molecule has 0 unspecified atom stereocenters. The van der Waals surface area contributed by atoms with Gasteiger partial charge in [-0.25, -0.2) is 9.50 Å². The average molecular weight is 332 g/mol. The average Bonchev–Trinajstić information content (AvgIpc) is 2.92. The zero-order valence-corrected chi connectivity index (χ0v) is 15.3. The van der Waals surface area contributed by atoms with Crippen molar-refractivity contribution in [1.29, 1.82) is 0 Å². The minimum atomic E-state index is -0.811. The number of aryl methyl sites for hydroxylation is 3. The molecule has 2 N–H and O–H groups in total. The van der Waals surface area contributed by atoms with E-state index in [4.69, 9.17) is 0 Å². The molecule has 0 aliphatic rings. The third kappa shape index (κ3) is 3.93. The largest absolute Gasteiger partial charge is 0.388 e. The highest BCUT2D eigenvalue weighted by atomic mass is 16.3. The van der Waals surface area contributed by atoms with Gasteiger partial charge in [-0.05, 0) is 45.6 Å². The Kier molecular flexibility index (Phi) is 5.59. The number of nitrogens with one attached hydrogen (secondary N) is 1. The van der Waals surface area contributed by atoms with Gasteiger partial charge in [0.1, 0.15) is 0 Å².